The SMILES string of the molecule is CCC(c1c(-c2cc(F)c(OC)cc2C)c2ncnc-2nn1CC)C1CC1. The quantitative estimate of drug-likeness (QED) is 0.626. The second kappa shape index (κ2) is 6.91. The molecule has 2 aliphatic heterocycles. The minimum atomic E-state index is -0.365. The first-order valence-electron chi connectivity index (χ1n) is 9.64. The maximum absolute atomic E-state index is 14.6. The van der Waals surface area contributed by atoms with Crippen molar-refractivity contribution in [3.8, 4) is 28.4 Å². The van der Waals surface area contributed by atoms with Gasteiger partial charge in [0.1, 0.15) is 12.0 Å². The fourth-order valence-electron chi connectivity index (χ4n) is 4.14. The molecule has 0 aromatic heterocycles. The molecule has 1 aromatic carbocycles. The molecule has 0 spiro atoms. The number of nitrogens with zero attached hydrogens (tertiary/aromatic N) is 4. The minimum Gasteiger partial charge on any atom is -0.494 e. The Labute approximate surface area is 158 Å². The number of ether oxygens (including phenoxy) is 1. The Morgan fingerprint density at radius 1 is 1.26 bits per heavy atom. The van der Waals surface area contributed by atoms with Gasteiger partial charge in [0, 0.05) is 18.0 Å². The van der Waals surface area contributed by atoms with Crippen LogP contribution in [0.4, 0.5) is 4.39 Å². The lowest BCUT2D eigenvalue weighted by Gasteiger charge is -2.25. The van der Waals surface area contributed by atoms with Crippen LogP contribution in [0.25, 0.3) is 22.6 Å². The molecule has 1 aromatic rings. The summed E-state index contributed by atoms with van der Waals surface area (Å²) in [4.78, 5) is 8.82. The number of aromatic nitrogens is 4. The molecule has 1 unspecified atom stereocenters. The van der Waals surface area contributed by atoms with Crippen LogP contribution < -0.4 is 4.74 Å². The second-order valence-electron chi connectivity index (χ2n) is 7.28. The van der Waals surface area contributed by atoms with Crippen LogP contribution in [-0.4, -0.2) is 26.9 Å². The van der Waals surface area contributed by atoms with Crippen LogP contribution in [0.5, 0.6) is 5.75 Å². The van der Waals surface area contributed by atoms with Crippen molar-refractivity contribution in [3.05, 3.63) is 35.5 Å². The van der Waals surface area contributed by atoms with Crippen LogP contribution >= 0.6 is 0 Å². The van der Waals surface area contributed by atoms with Gasteiger partial charge in [-0.2, -0.15) is 5.10 Å². The second-order valence-corrected chi connectivity index (χ2v) is 7.28. The van der Waals surface area contributed by atoms with Gasteiger partial charge in [-0.05, 0) is 62.3 Å². The van der Waals surface area contributed by atoms with E-state index in [4.69, 9.17) is 9.84 Å². The monoisotopic (exact) mass is 368 g/mol. The van der Waals surface area contributed by atoms with Crippen LogP contribution in [0.1, 0.15) is 50.3 Å². The van der Waals surface area contributed by atoms with Crippen molar-refractivity contribution in [2.45, 2.75) is 52.5 Å². The zero-order valence-electron chi connectivity index (χ0n) is 16.3. The van der Waals surface area contributed by atoms with Gasteiger partial charge in [0.05, 0.1) is 12.8 Å². The molecule has 6 heteroatoms. The predicted molar refractivity (Wildman–Crippen MR) is 103 cm³/mol. The molecule has 27 heavy (non-hydrogen) atoms. The molecular weight excluding hydrogens is 343 g/mol. The Kier molecular flexibility index (Phi) is 4.58. The average Bonchev–Trinajstić information content (AvgIpc) is 3.40. The summed E-state index contributed by atoms with van der Waals surface area (Å²) in [6.07, 6.45) is 5.04. The molecule has 1 atom stereocenters. The van der Waals surface area contributed by atoms with E-state index in [1.165, 1.54) is 26.3 Å². The Bertz CT molecular complexity index is 948. The summed E-state index contributed by atoms with van der Waals surface area (Å²) in [5, 5.41) is 4.73. The first-order chi connectivity index (χ1) is 13.1. The van der Waals surface area contributed by atoms with Gasteiger partial charge in [-0.3, -0.25) is 4.68 Å². The highest BCUT2D eigenvalue weighted by molar-refractivity contribution is 5.83. The lowest BCUT2D eigenvalue weighted by atomic mass is 9.87. The maximum Gasteiger partial charge on any atom is 0.200 e. The van der Waals surface area contributed by atoms with Crippen molar-refractivity contribution >= 4 is 0 Å². The highest BCUT2D eigenvalue weighted by Gasteiger charge is 2.36. The number of fused-ring (bicyclic) bond motifs is 1. The number of halogens is 1. The average molecular weight is 368 g/mol. The zero-order chi connectivity index (χ0) is 19.1. The molecule has 2 heterocycles. The molecule has 0 saturated heterocycles. The van der Waals surface area contributed by atoms with E-state index in [-0.39, 0.29) is 11.6 Å². The highest BCUT2D eigenvalue weighted by atomic mass is 19.1. The number of hydrogen-bond donors (Lipinski definition) is 0. The Balaban J connectivity index is 2.05. The molecule has 1 aliphatic carbocycles. The van der Waals surface area contributed by atoms with Crippen LogP contribution in [-0.2, 0) is 6.54 Å². The third kappa shape index (κ3) is 2.97. The molecule has 0 amide bonds. The molecule has 1 saturated carbocycles. The summed E-state index contributed by atoms with van der Waals surface area (Å²) < 4.78 is 21.8. The number of hydrogen-bond acceptors (Lipinski definition) is 4. The van der Waals surface area contributed by atoms with E-state index in [0.717, 1.165) is 41.0 Å². The van der Waals surface area contributed by atoms with Crippen molar-refractivity contribution in [3.63, 3.8) is 0 Å². The van der Waals surface area contributed by atoms with Crippen molar-refractivity contribution in [2.24, 2.45) is 5.92 Å². The Morgan fingerprint density at radius 2 is 2.04 bits per heavy atom. The van der Waals surface area contributed by atoms with Gasteiger partial charge in [-0.15, -0.1) is 0 Å². The smallest absolute Gasteiger partial charge is 0.200 e. The Morgan fingerprint density at radius 3 is 2.67 bits per heavy atom. The topological polar surface area (TPSA) is 52.8 Å². The number of rotatable bonds is 6. The predicted octanol–water partition coefficient (Wildman–Crippen LogP) is 4.82. The molecule has 1 fully saturated rings. The molecular formula is C21H25FN4O. The standard InChI is InChI=1S/C21H25FN4O/c1-5-14(13-7-8-13)20-18(15-10-16(22)17(27-4)9-12(15)3)19-21(24-11-23-19)25-26(20)6-2/h9-11,13-14H,5-8H2,1-4H3. The van der Waals surface area contributed by atoms with E-state index >= 15 is 0 Å². The van der Waals surface area contributed by atoms with Crippen molar-refractivity contribution in [1.29, 1.82) is 0 Å². The normalized spacial score (nSPS) is 15.3. The van der Waals surface area contributed by atoms with Gasteiger partial charge < -0.3 is 4.74 Å². The highest BCUT2D eigenvalue weighted by Crippen LogP contribution is 2.49. The fraction of sp³-hybridized carbons (Fsp3) is 0.476. The van der Waals surface area contributed by atoms with E-state index < -0.39 is 0 Å². The van der Waals surface area contributed by atoms with Crippen molar-refractivity contribution in [1.82, 2.24) is 19.7 Å². The van der Waals surface area contributed by atoms with E-state index in [9.17, 15) is 4.39 Å². The van der Waals surface area contributed by atoms with E-state index in [1.54, 1.807) is 12.1 Å². The molecule has 0 bridgehead atoms. The molecule has 142 valence electrons. The van der Waals surface area contributed by atoms with Crippen LogP contribution in [0.3, 0.4) is 0 Å². The number of benzene rings is 1. The van der Waals surface area contributed by atoms with E-state index in [2.05, 4.69) is 23.8 Å². The Hall–Kier alpha value is -2.50. The van der Waals surface area contributed by atoms with E-state index in [1.807, 2.05) is 11.6 Å². The summed E-state index contributed by atoms with van der Waals surface area (Å²) >= 11 is 0. The summed E-state index contributed by atoms with van der Waals surface area (Å²) in [5.41, 5.74) is 4.68. The van der Waals surface area contributed by atoms with Gasteiger partial charge in [0.25, 0.3) is 0 Å². The number of methoxy groups -OCH3 is 1. The summed E-state index contributed by atoms with van der Waals surface area (Å²) in [5.74, 6) is 1.55. The zero-order valence-corrected chi connectivity index (χ0v) is 16.3. The maximum atomic E-state index is 14.6. The van der Waals surface area contributed by atoms with Gasteiger partial charge in [-0.1, -0.05) is 6.92 Å². The number of imidazole rings is 1. The lowest BCUT2D eigenvalue weighted by Crippen LogP contribution is -2.18. The third-order valence-electron chi connectivity index (χ3n) is 5.61. The fourth-order valence-corrected chi connectivity index (χ4v) is 4.14. The molecule has 3 aliphatic rings. The molecule has 5 nitrogen and oxygen atoms in total. The van der Waals surface area contributed by atoms with Crippen LogP contribution in [0, 0.1) is 18.7 Å². The molecule has 4 rings (SSSR count). The molecule has 0 radical (unpaired) electrons. The molecule has 0 N–H and O–H groups in total. The summed E-state index contributed by atoms with van der Waals surface area (Å²) in [6, 6.07) is 3.33. The van der Waals surface area contributed by atoms with Crippen LogP contribution in [0.2, 0.25) is 0 Å². The van der Waals surface area contributed by atoms with Gasteiger partial charge in [-0.25, -0.2) is 14.4 Å². The van der Waals surface area contributed by atoms with Gasteiger partial charge >= 0.3 is 0 Å². The van der Waals surface area contributed by atoms with Crippen LogP contribution in [0.15, 0.2) is 18.5 Å². The number of aryl methyl sites for hydroxylation is 2. The summed E-state index contributed by atoms with van der Waals surface area (Å²) in [7, 11) is 1.49. The van der Waals surface area contributed by atoms with Gasteiger partial charge in [0.15, 0.2) is 17.4 Å². The lowest BCUT2D eigenvalue weighted by molar-refractivity contribution is 0.386. The first-order valence-corrected chi connectivity index (χ1v) is 9.64. The summed E-state index contributed by atoms with van der Waals surface area (Å²) in [6.45, 7) is 7.03. The first kappa shape index (κ1) is 17.9. The third-order valence-corrected chi connectivity index (χ3v) is 5.61. The van der Waals surface area contributed by atoms with Gasteiger partial charge in [0.2, 0.25) is 0 Å². The largest absolute Gasteiger partial charge is 0.494 e. The van der Waals surface area contributed by atoms with Crippen molar-refractivity contribution < 1.29 is 9.13 Å². The van der Waals surface area contributed by atoms with Crippen molar-refractivity contribution in [2.75, 3.05) is 7.11 Å². The minimum absolute atomic E-state index is 0.259. The van der Waals surface area contributed by atoms with E-state index in [0.29, 0.717) is 17.7 Å².